The van der Waals surface area contributed by atoms with Gasteiger partial charge in [-0.3, -0.25) is 9.59 Å². The van der Waals surface area contributed by atoms with Crippen LogP contribution in [0.1, 0.15) is 11.5 Å². The fraction of sp³-hybridized carbons (Fsp3) is 0.333. The molecular weight excluding hydrogens is 378 g/mol. The Balaban J connectivity index is 0.00000280. The molecule has 0 radical (unpaired) electrons. The predicted molar refractivity (Wildman–Crippen MR) is 111 cm³/mol. The van der Waals surface area contributed by atoms with Crippen molar-refractivity contribution in [2.45, 2.75) is 5.92 Å². The minimum atomic E-state index is -0.318. The number of rotatable bonds is 7. The number of nitrogens with zero attached hydrogens (tertiary/aromatic N) is 1. The van der Waals surface area contributed by atoms with E-state index in [0.29, 0.717) is 25.4 Å². The number of hydrogen-bond acceptors (Lipinski definition) is 4. The van der Waals surface area contributed by atoms with Crippen molar-refractivity contribution in [3.63, 3.8) is 0 Å². The van der Waals surface area contributed by atoms with Gasteiger partial charge < -0.3 is 20.7 Å². The summed E-state index contributed by atoms with van der Waals surface area (Å²) in [5.41, 5.74) is 7.11. The van der Waals surface area contributed by atoms with Gasteiger partial charge in [0.1, 0.15) is 5.75 Å². The van der Waals surface area contributed by atoms with Crippen molar-refractivity contribution in [1.29, 1.82) is 0 Å². The third-order valence-corrected chi connectivity index (χ3v) is 4.87. The van der Waals surface area contributed by atoms with Crippen LogP contribution in [0.4, 0.5) is 0 Å². The number of nitrogens with one attached hydrogen (secondary N) is 1. The van der Waals surface area contributed by atoms with E-state index in [1.807, 2.05) is 36.4 Å². The first-order valence-electron chi connectivity index (χ1n) is 9.14. The van der Waals surface area contributed by atoms with E-state index < -0.39 is 0 Å². The Labute approximate surface area is 171 Å². The first-order chi connectivity index (χ1) is 13.2. The third-order valence-electron chi connectivity index (χ3n) is 4.87. The molecule has 3 rings (SSSR count). The Hall–Kier alpha value is -2.57. The number of para-hydroxylation sites is 1. The van der Waals surface area contributed by atoms with E-state index in [0.717, 1.165) is 0 Å². The van der Waals surface area contributed by atoms with E-state index in [9.17, 15) is 9.59 Å². The van der Waals surface area contributed by atoms with Crippen molar-refractivity contribution >= 4 is 24.2 Å². The zero-order valence-electron chi connectivity index (χ0n) is 15.6. The third kappa shape index (κ3) is 5.71. The molecule has 6 nitrogen and oxygen atoms in total. The van der Waals surface area contributed by atoms with Crippen molar-refractivity contribution in [1.82, 2.24) is 10.2 Å². The Bertz CT molecular complexity index is 758. The molecule has 28 heavy (non-hydrogen) atoms. The summed E-state index contributed by atoms with van der Waals surface area (Å²) in [6.07, 6.45) is 0. The number of carbonyl (C=O) groups is 2. The first kappa shape index (κ1) is 21.7. The number of hydrogen-bond donors (Lipinski definition) is 2. The van der Waals surface area contributed by atoms with Gasteiger partial charge in [-0.05, 0) is 30.2 Å². The average molecular weight is 404 g/mol. The first-order valence-corrected chi connectivity index (χ1v) is 9.14. The molecule has 0 spiro atoms. The smallest absolute Gasteiger partial charge is 0.258 e. The van der Waals surface area contributed by atoms with E-state index in [2.05, 4.69) is 17.4 Å². The molecule has 1 aliphatic heterocycles. The number of carbonyl (C=O) groups excluding carboxylic acids is 2. The van der Waals surface area contributed by atoms with Gasteiger partial charge >= 0.3 is 0 Å². The second kappa shape index (κ2) is 10.7. The Morgan fingerprint density at radius 1 is 1.04 bits per heavy atom. The lowest BCUT2D eigenvalue weighted by atomic mass is 9.89. The van der Waals surface area contributed by atoms with Crippen molar-refractivity contribution in [3.8, 4) is 5.75 Å². The van der Waals surface area contributed by atoms with Gasteiger partial charge in [-0.1, -0.05) is 48.5 Å². The maximum atomic E-state index is 12.5. The largest absolute Gasteiger partial charge is 0.484 e. The summed E-state index contributed by atoms with van der Waals surface area (Å²) in [4.78, 5) is 26.2. The lowest BCUT2D eigenvalue weighted by Gasteiger charge is -2.17. The zero-order chi connectivity index (χ0) is 19.1. The SMILES string of the molecule is Cl.NC[C@@H]1CN(C(=O)CNC(=O)COc2ccccc2)C[C@H]1c1ccccc1. The highest BCUT2D eigenvalue weighted by Gasteiger charge is 2.35. The van der Waals surface area contributed by atoms with Crippen LogP contribution in [-0.2, 0) is 9.59 Å². The van der Waals surface area contributed by atoms with Gasteiger partial charge in [-0.2, -0.15) is 0 Å². The van der Waals surface area contributed by atoms with Crippen LogP contribution >= 0.6 is 12.4 Å². The van der Waals surface area contributed by atoms with Crippen molar-refractivity contribution < 1.29 is 14.3 Å². The summed E-state index contributed by atoms with van der Waals surface area (Å²) in [7, 11) is 0. The second-order valence-corrected chi connectivity index (χ2v) is 6.69. The van der Waals surface area contributed by atoms with E-state index in [1.165, 1.54) is 5.56 Å². The summed E-state index contributed by atoms with van der Waals surface area (Å²) < 4.78 is 5.38. The maximum absolute atomic E-state index is 12.5. The lowest BCUT2D eigenvalue weighted by Crippen LogP contribution is -2.40. The number of ether oxygens (including phenoxy) is 1. The number of nitrogens with two attached hydrogens (primary N) is 1. The van der Waals surface area contributed by atoms with Crippen LogP contribution in [0.15, 0.2) is 60.7 Å². The van der Waals surface area contributed by atoms with Crippen LogP contribution in [0, 0.1) is 5.92 Å². The number of likely N-dealkylation sites (tertiary alicyclic amines) is 1. The average Bonchev–Trinajstić information content (AvgIpc) is 3.16. The highest BCUT2D eigenvalue weighted by atomic mass is 35.5. The predicted octanol–water partition coefficient (Wildman–Crippen LogP) is 1.80. The fourth-order valence-corrected chi connectivity index (χ4v) is 3.39. The van der Waals surface area contributed by atoms with Crippen LogP contribution in [-0.4, -0.2) is 49.5 Å². The Kier molecular flexibility index (Phi) is 8.29. The molecule has 2 aromatic rings. The Morgan fingerprint density at radius 3 is 2.32 bits per heavy atom. The molecule has 0 aliphatic carbocycles. The summed E-state index contributed by atoms with van der Waals surface area (Å²) in [6, 6.07) is 19.2. The molecule has 2 aromatic carbocycles. The van der Waals surface area contributed by atoms with E-state index in [1.54, 1.807) is 17.0 Å². The van der Waals surface area contributed by atoms with Crippen molar-refractivity contribution in [3.05, 3.63) is 66.2 Å². The molecule has 0 aromatic heterocycles. The number of benzene rings is 2. The zero-order valence-corrected chi connectivity index (χ0v) is 16.4. The quantitative estimate of drug-likeness (QED) is 0.738. The molecule has 1 saturated heterocycles. The van der Waals surface area contributed by atoms with Crippen LogP contribution in [0.3, 0.4) is 0 Å². The molecule has 2 amide bonds. The monoisotopic (exact) mass is 403 g/mol. The molecule has 0 saturated carbocycles. The van der Waals surface area contributed by atoms with Crippen LogP contribution in [0.2, 0.25) is 0 Å². The summed E-state index contributed by atoms with van der Waals surface area (Å²) >= 11 is 0. The van der Waals surface area contributed by atoms with Gasteiger partial charge in [-0.15, -0.1) is 12.4 Å². The summed E-state index contributed by atoms with van der Waals surface area (Å²) in [6.45, 7) is 1.62. The topological polar surface area (TPSA) is 84.7 Å². The highest BCUT2D eigenvalue weighted by Crippen LogP contribution is 2.31. The van der Waals surface area contributed by atoms with Gasteiger partial charge in [-0.25, -0.2) is 0 Å². The van der Waals surface area contributed by atoms with Crippen LogP contribution in [0.25, 0.3) is 0 Å². The van der Waals surface area contributed by atoms with Gasteiger partial charge in [0.05, 0.1) is 6.54 Å². The minimum absolute atomic E-state index is 0. The minimum Gasteiger partial charge on any atom is -0.484 e. The number of halogens is 1. The Morgan fingerprint density at radius 2 is 1.68 bits per heavy atom. The number of amides is 2. The van der Waals surface area contributed by atoms with E-state index >= 15 is 0 Å². The van der Waals surface area contributed by atoms with E-state index in [4.69, 9.17) is 10.5 Å². The maximum Gasteiger partial charge on any atom is 0.258 e. The van der Waals surface area contributed by atoms with Crippen LogP contribution in [0.5, 0.6) is 5.75 Å². The second-order valence-electron chi connectivity index (χ2n) is 6.69. The van der Waals surface area contributed by atoms with Crippen molar-refractivity contribution in [2.75, 3.05) is 32.8 Å². The van der Waals surface area contributed by atoms with E-state index in [-0.39, 0.29) is 49.2 Å². The molecule has 1 heterocycles. The summed E-state index contributed by atoms with van der Waals surface area (Å²) in [5, 5.41) is 2.63. The fourth-order valence-electron chi connectivity index (χ4n) is 3.39. The molecule has 0 bridgehead atoms. The van der Waals surface area contributed by atoms with Gasteiger partial charge in [0.15, 0.2) is 6.61 Å². The standard InChI is InChI=1S/C21H25N3O3.ClH/c22-11-17-13-24(14-19(17)16-7-3-1-4-8-16)21(26)12-23-20(25)15-27-18-9-5-2-6-10-18;/h1-10,17,19H,11-15,22H2,(H,23,25);1H/t17-,19+;/m1./s1. The molecule has 7 heteroatoms. The molecule has 1 aliphatic rings. The van der Waals surface area contributed by atoms with Crippen molar-refractivity contribution in [2.24, 2.45) is 11.7 Å². The van der Waals surface area contributed by atoms with Crippen LogP contribution < -0.4 is 15.8 Å². The lowest BCUT2D eigenvalue weighted by molar-refractivity contribution is -0.132. The van der Waals surface area contributed by atoms with Gasteiger partial charge in [0.25, 0.3) is 5.91 Å². The highest BCUT2D eigenvalue weighted by molar-refractivity contribution is 5.86. The molecule has 1 fully saturated rings. The van der Waals surface area contributed by atoms with Gasteiger partial charge in [0, 0.05) is 19.0 Å². The molecule has 0 unspecified atom stereocenters. The molecule has 150 valence electrons. The molecule has 2 atom stereocenters. The normalized spacial score (nSPS) is 18.2. The van der Waals surface area contributed by atoms with Gasteiger partial charge in [0.2, 0.25) is 5.91 Å². The molecule has 3 N–H and O–H groups in total. The molecular formula is C21H26ClN3O3. The summed E-state index contributed by atoms with van der Waals surface area (Å²) in [5.74, 6) is 0.669.